The van der Waals surface area contributed by atoms with Gasteiger partial charge in [0.1, 0.15) is 6.17 Å². The standard InChI is InChI=1S/C21H24FN5O2S/c1-15-12-19(6-7-20(15)22)30(28,29)18-4-2-16(3-5-18)13-25-21(26-14-23)27-17-8-10-24-11-9-17/h2-5,8-11,15,19-20H,6-7,12-13H2,1H3,(H2,24,25,26,27). The third kappa shape index (κ3) is 5.33. The van der Waals surface area contributed by atoms with E-state index in [0.29, 0.717) is 12.8 Å². The summed E-state index contributed by atoms with van der Waals surface area (Å²) in [6.07, 6.45) is 5.13. The SMILES string of the molecule is CC1CC(S(=O)(=O)c2ccc(CN=C(NC#N)Nc3ccncc3)cc2)CCC1F. The molecule has 7 nitrogen and oxygen atoms in total. The van der Waals surface area contributed by atoms with Crippen molar-refractivity contribution in [3.05, 3.63) is 54.4 Å². The van der Waals surface area contributed by atoms with Crippen molar-refractivity contribution < 1.29 is 12.8 Å². The molecule has 1 heterocycles. The minimum Gasteiger partial charge on any atom is -0.325 e. The van der Waals surface area contributed by atoms with Crippen LogP contribution in [0.25, 0.3) is 0 Å². The maximum atomic E-state index is 13.7. The summed E-state index contributed by atoms with van der Waals surface area (Å²) < 4.78 is 39.5. The predicted octanol–water partition coefficient (Wildman–Crippen LogP) is 3.42. The van der Waals surface area contributed by atoms with E-state index in [2.05, 4.69) is 20.6 Å². The zero-order chi connectivity index (χ0) is 21.6. The Balaban J connectivity index is 1.68. The molecule has 3 atom stereocenters. The van der Waals surface area contributed by atoms with Gasteiger partial charge in [0.2, 0.25) is 5.96 Å². The Kier molecular flexibility index (Phi) is 7.00. The van der Waals surface area contributed by atoms with Gasteiger partial charge < -0.3 is 5.32 Å². The van der Waals surface area contributed by atoms with Crippen LogP contribution in [-0.4, -0.2) is 30.8 Å². The number of anilines is 1. The van der Waals surface area contributed by atoms with Crippen LogP contribution in [0, 0.1) is 17.4 Å². The molecule has 1 aliphatic rings. The van der Waals surface area contributed by atoms with Crippen LogP contribution in [0.2, 0.25) is 0 Å². The van der Waals surface area contributed by atoms with E-state index in [1.165, 1.54) is 0 Å². The van der Waals surface area contributed by atoms with Crippen LogP contribution in [0.3, 0.4) is 0 Å². The molecule has 0 amide bonds. The average Bonchev–Trinajstić information content (AvgIpc) is 2.75. The number of hydrogen-bond acceptors (Lipinski definition) is 5. The van der Waals surface area contributed by atoms with Crippen LogP contribution < -0.4 is 10.6 Å². The topological polar surface area (TPSA) is 107 Å². The second kappa shape index (κ2) is 9.67. The lowest BCUT2D eigenvalue weighted by Gasteiger charge is -2.29. The fourth-order valence-corrected chi connectivity index (χ4v) is 5.38. The fourth-order valence-electron chi connectivity index (χ4n) is 3.47. The molecule has 1 saturated carbocycles. The first-order chi connectivity index (χ1) is 14.4. The Morgan fingerprint density at radius 2 is 1.93 bits per heavy atom. The molecule has 1 aromatic carbocycles. The number of alkyl halides is 1. The number of benzene rings is 1. The molecule has 0 aliphatic heterocycles. The van der Waals surface area contributed by atoms with Crippen molar-refractivity contribution in [2.45, 2.75) is 49.0 Å². The van der Waals surface area contributed by atoms with Gasteiger partial charge in [-0.2, -0.15) is 5.26 Å². The monoisotopic (exact) mass is 429 g/mol. The molecule has 2 N–H and O–H groups in total. The number of pyridine rings is 1. The first-order valence-corrected chi connectivity index (χ1v) is 11.3. The molecular weight excluding hydrogens is 405 g/mol. The Morgan fingerprint density at radius 3 is 2.57 bits per heavy atom. The molecule has 3 unspecified atom stereocenters. The van der Waals surface area contributed by atoms with E-state index >= 15 is 0 Å². The van der Waals surface area contributed by atoms with Gasteiger partial charge in [-0.25, -0.2) is 17.8 Å². The van der Waals surface area contributed by atoms with Crippen LogP contribution in [0.4, 0.5) is 10.1 Å². The van der Waals surface area contributed by atoms with E-state index in [-0.39, 0.29) is 29.7 Å². The summed E-state index contributed by atoms with van der Waals surface area (Å²) >= 11 is 0. The highest BCUT2D eigenvalue weighted by Crippen LogP contribution is 2.33. The third-order valence-electron chi connectivity index (χ3n) is 5.24. The molecule has 30 heavy (non-hydrogen) atoms. The Morgan fingerprint density at radius 1 is 1.23 bits per heavy atom. The number of hydrogen-bond donors (Lipinski definition) is 2. The van der Waals surface area contributed by atoms with Gasteiger partial charge in [-0.05, 0) is 55.0 Å². The highest BCUT2D eigenvalue weighted by Gasteiger charge is 2.35. The highest BCUT2D eigenvalue weighted by molar-refractivity contribution is 7.92. The molecule has 0 bridgehead atoms. The highest BCUT2D eigenvalue weighted by atomic mass is 32.2. The zero-order valence-corrected chi connectivity index (χ0v) is 17.4. The van der Waals surface area contributed by atoms with Crippen LogP contribution in [0.15, 0.2) is 58.7 Å². The summed E-state index contributed by atoms with van der Waals surface area (Å²) in [5.74, 6) is 0.0310. The number of rotatable bonds is 5. The summed E-state index contributed by atoms with van der Waals surface area (Å²) in [7, 11) is -3.49. The number of halogens is 1. The normalized spacial score (nSPS) is 22.2. The Hall–Kier alpha value is -2.99. The van der Waals surface area contributed by atoms with Crippen molar-refractivity contribution >= 4 is 21.5 Å². The van der Waals surface area contributed by atoms with Gasteiger partial charge in [0.05, 0.1) is 16.7 Å². The number of nitriles is 1. The number of nitrogens with one attached hydrogen (secondary N) is 2. The van der Waals surface area contributed by atoms with E-state index in [9.17, 15) is 12.8 Å². The smallest absolute Gasteiger partial charge is 0.209 e. The molecule has 1 aromatic heterocycles. The van der Waals surface area contributed by atoms with E-state index in [4.69, 9.17) is 5.26 Å². The number of nitrogens with zero attached hydrogens (tertiary/aromatic N) is 3. The molecule has 9 heteroatoms. The van der Waals surface area contributed by atoms with E-state index < -0.39 is 21.3 Å². The van der Waals surface area contributed by atoms with Crippen LogP contribution >= 0.6 is 0 Å². The average molecular weight is 430 g/mol. The van der Waals surface area contributed by atoms with Crippen LogP contribution in [0.1, 0.15) is 31.7 Å². The predicted molar refractivity (Wildman–Crippen MR) is 113 cm³/mol. The second-order valence-corrected chi connectivity index (χ2v) is 9.61. The van der Waals surface area contributed by atoms with Crippen LogP contribution in [-0.2, 0) is 16.4 Å². The molecule has 2 aromatic rings. The summed E-state index contributed by atoms with van der Waals surface area (Å²) in [6.45, 7) is 2.02. The van der Waals surface area contributed by atoms with Crippen LogP contribution in [0.5, 0.6) is 0 Å². The van der Waals surface area contributed by atoms with Gasteiger partial charge in [-0.15, -0.1) is 0 Å². The maximum Gasteiger partial charge on any atom is 0.209 e. The third-order valence-corrected chi connectivity index (χ3v) is 7.48. The molecule has 1 aliphatic carbocycles. The minimum absolute atomic E-state index is 0.244. The largest absolute Gasteiger partial charge is 0.325 e. The molecular formula is C21H24FN5O2S. The van der Waals surface area contributed by atoms with Crippen molar-refractivity contribution in [2.24, 2.45) is 10.9 Å². The molecule has 1 fully saturated rings. The molecule has 0 saturated heterocycles. The molecule has 0 radical (unpaired) electrons. The van der Waals surface area contributed by atoms with Gasteiger partial charge in [0.25, 0.3) is 0 Å². The summed E-state index contributed by atoms with van der Waals surface area (Å²) in [5.41, 5.74) is 1.52. The first-order valence-electron chi connectivity index (χ1n) is 9.73. The molecule has 3 rings (SSSR count). The number of guanidine groups is 1. The van der Waals surface area contributed by atoms with Crippen molar-refractivity contribution in [2.75, 3.05) is 5.32 Å². The van der Waals surface area contributed by atoms with Crippen molar-refractivity contribution in [3.63, 3.8) is 0 Å². The first kappa shape index (κ1) is 21.7. The molecule has 0 spiro atoms. The van der Waals surface area contributed by atoms with E-state index in [1.54, 1.807) is 55.7 Å². The Labute approximate surface area is 176 Å². The van der Waals surface area contributed by atoms with Crippen molar-refractivity contribution in [1.29, 1.82) is 5.26 Å². The quantitative estimate of drug-likeness (QED) is 0.326. The number of aromatic nitrogens is 1. The minimum atomic E-state index is -3.49. The van der Waals surface area contributed by atoms with Gasteiger partial charge in [0, 0.05) is 18.1 Å². The zero-order valence-electron chi connectivity index (χ0n) is 16.6. The second-order valence-electron chi connectivity index (χ2n) is 7.38. The lowest BCUT2D eigenvalue weighted by Crippen LogP contribution is -2.32. The maximum absolute atomic E-state index is 13.7. The fraction of sp³-hybridized carbons (Fsp3) is 0.381. The summed E-state index contributed by atoms with van der Waals surface area (Å²) in [5, 5.41) is 13.8. The lowest BCUT2D eigenvalue weighted by atomic mass is 9.89. The summed E-state index contributed by atoms with van der Waals surface area (Å²) in [4.78, 5) is 8.51. The van der Waals surface area contributed by atoms with Gasteiger partial charge in [-0.3, -0.25) is 10.3 Å². The van der Waals surface area contributed by atoms with E-state index in [1.807, 2.05) is 6.19 Å². The van der Waals surface area contributed by atoms with Gasteiger partial charge >= 0.3 is 0 Å². The lowest BCUT2D eigenvalue weighted by molar-refractivity contribution is 0.181. The van der Waals surface area contributed by atoms with Crippen molar-refractivity contribution in [1.82, 2.24) is 10.3 Å². The van der Waals surface area contributed by atoms with Gasteiger partial charge in [0.15, 0.2) is 16.0 Å². The van der Waals surface area contributed by atoms with Gasteiger partial charge in [-0.1, -0.05) is 19.1 Å². The van der Waals surface area contributed by atoms with E-state index in [0.717, 1.165) is 11.3 Å². The molecule has 158 valence electrons. The Bertz CT molecular complexity index is 1020. The number of sulfone groups is 1. The summed E-state index contributed by atoms with van der Waals surface area (Å²) in [6, 6.07) is 10.0. The number of aliphatic imine (C=N–C) groups is 1. The van der Waals surface area contributed by atoms with Crippen molar-refractivity contribution in [3.8, 4) is 6.19 Å².